The van der Waals surface area contributed by atoms with Gasteiger partial charge in [0.2, 0.25) is 0 Å². The van der Waals surface area contributed by atoms with Crippen LogP contribution in [0.15, 0.2) is 72.2 Å². The third kappa shape index (κ3) is 5.95. The number of aromatic nitrogens is 2. The summed E-state index contributed by atoms with van der Waals surface area (Å²) in [6.45, 7) is 2.25. The molecule has 0 bridgehead atoms. The number of aliphatic imine (C=N–C) groups is 1. The molecular formula is C21H24FN5. The van der Waals surface area contributed by atoms with Crippen LogP contribution in [0, 0.1) is 5.82 Å². The first kappa shape index (κ1) is 18.6. The zero-order chi connectivity index (χ0) is 18.9. The lowest BCUT2D eigenvalue weighted by Crippen LogP contribution is -2.37. The van der Waals surface area contributed by atoms with E-state index in [1.165, 1.54) is 23.3 Å². The molecule has 3 aromatic rings. The minimum Gasteiger partial charge on any atom is -0.356 e. The van der Waals surface area contributed by atoms with Crippen LogP contribution < -0.4 is 10.6 Å². The Bertz CT molecular complexity index is 839. The number of nitrogens with zero attached hydrogens (tertiary/aromatic N) is 3. The van der Waals surface area contributed by atoms with Crippen LogP contribution in [0.25, 0.3) is 0 Å². The summed E-state index contributed by atoms with van der Waals surface area (Å²) in [4.78, 5) is 8.30. The third-order valence-corrected chi connectivity index (χ3v) is 4.25. The highest BCUT2D eigenvalue weighted by Crippen LogP contribution is 2.06. The van der Waals surface area contributed by atoms with Crippen LogP contribution >= 0.6 is 0 Å². The van der Waals surface area contributed by atoms with Gasteiger partial charge in [-0.25, -0.2) is 9.37 Å². The van der Waals surface area contributed by atoms with Crippen molar-refractivity contribution in [3.8, 4) is 0 Å². The number of benzene rings is 2. The fourth-order valence-electron chi connectivity index (χ4n) is 2.74. The van der Waals surface area contributed by atoms with Crippen LogP contribution in [0.5, 0.6) is 0 Å². The molecule has 27 heavy (non-hydrogen) atoms. The zero-order valence-electron chi connectivity index (χ0n) is 15.4. The van der Waals surface area contributed by atoms with E-state index < -0.39 is 0 Å². The summed E-state index contributed by atoms with van der Waals surface area (Å²) >= 11 is 0. The van der Waals surface area contributed by atoms with Crippen molar-refractivity contribution >= 4 is 5.96 Å². The topological polar surface area (TPSA) is 54.2 Å². The quantitative estimate of drug-likeness (QED) is 0.500. The summed E-state index contributed by atoms with van der Waals surface area (Å²) in [6, 6.07) is 15.1. The Morgan fingerprint density at radius 2 is 1.70 bits per heavy atom. The minimum atomic E-state index is -0.208. The maximum atomic E-state index is 12.9. The summed E-state index contributed by atoms with van der Waals surface area (Å²) in [5, 5.41) is 6.59. The van der Waals surface area contributed by atoms with Crippen LogP contribution in [0.4, 0.5) is 4.39 Å². The van der Waals surface area contributed by atoms with Gasteiger partial charge in [-0.2, -0.15) is 0 Å². The van der Waals surface area contributed by atoms with Gasteiger partial charge in [0, 0.05) is 39.1 Å². The molecule has 1 aromatic heterocycles. The third-order valence-electron chi connectivity index (χ3n) is 4.25. The van der Waals surface area contributed by atoms with Crippen LogP contribution in [0.2, 0.25) is 0 Å². The molecule has 1 heterocycles. The highest BCUT2D eigenvalue weighted by molar-refractivity contribution is 5.79. The minimum absolute atomic E-state index is 0.208. The van der Waals surface area contributed by atoms with E-state index in [2.05, 4.69) is 44.9 Å². The average molecular weight is 365 g/mol. The fourth-order valence-corrected chi connectivity index (χ4v) is 2.74. The molecule has 0 aliphatic rings. The molecule has 0 saturated carbocycles. The lowest BCUT2D eigenvalue weighted by Gasteiger charge is -2.12. The first-order chi connectivity index (χ1) is 13.2. The Morgan fingerprint density at radius 1 is 1.00 bits per heavy atom. The van der Waals surface area contributed by atoms with Gasteiger partial charge in [-0.05, 0) is 35.2 Å². The van der Waals surface area contributed by atoms with Gasteiger partial charge < -0.3 is 15.2 Å². The molecule has 5 nitrogen and oxygen atoms in total. The predicted molar refractivity (Wildman–Crippen MR) is 106 cm³/mol. The van der Waals surface area contributed by atoms with Gasteiger partial charge >= 0.3 is 0 Å². The molecule has 0 aliphatic carbocycles. The van der Waals surface area contributed by atoms with Crippen LogP contribution in [0.1, 0.15) is 16.7 Å². The van der Waals surface area contributed by atoms with E-state index in [4.69, 9.17) is 0 Å². The van der Waals surface area contributed by atoms with E-state index in [1.807, 2.05) is 17.1 Å². The zero-order valence-corrected chi connectivity index (χ0v) is 15.4. The van der Waals surface area contributed by atoms with Gasteiger partial charge in [0.05, 0.1) is 6.33 Å². The number of nitrogens with one attached hydrogen (secondary N) is 2. The summed E-state index contributed by atoms with van der Waals surface area (Å²) in [5.41, 5.74) is 3.51. The van der Waals surface area contributed by atoms with E-state index in [9.17, 15) is 4.39 Å². The van der Waals surface area contributed by atoms with Crippen LogP contribution in [0.3, 0.4) is 0 Å². The van der Waals surface area contributed by atoms with Crippen molar-refractivity contribution in [2.45, 2.75) is 19.5 Å². The van der Waals surface area contributed by atoms with Crippen LogP contribution in [-0.4, -0.2) is 29.1 Å². The highest BCUT2D eigenvalue weighted by Gasteiger charge is 2.00. The Hall–Kier alpha value is -3.15. The lowest BCUT2D eigenvalue weighted by molar-refractivity contribution is 0.626. The molecule has 6 heteroatoms. The SMILES string of the molecule is CN=C(NCCc1ccc(F)cc1)NCc1ccc(Cn2ccnc2)cc1. The summed E-state index contributed by atoms with van der Waals surface area (Å²) in [6.07, 6.45) is 6.37. The summed E-state index contributed by atoms with van der Waals surface area (Å²) in [5.74, 6) is 0.542. The number of hydrogen-bond donors (Lipinski definition) is 2. The molecule has 2 aromatic carbocycles. The molecule has 0 spiro atoms. The summed E-state index contributed by atoms with van der Waals surface area (Å²) < 4.78 is 15.0. The van der Waals surface area contributed by atoms with E-state index in [0.29, 0.717) is 6.54 Å². The van der Waals surface area contributed by atoms with Gasteiger partial charge in [0.25, 0.3) is 0 Å². The predicted octanol–water partition coefficient (Wildman–Crippen LogP) is 2.98. The van der Waals surface area contributed by atoms with Crippen molar-refractivity contribution in [2.75, 3.05) is 13.6 Å². The Balaban J connectivity index is 1.42. The molecule has 0 atom stereocenters. The molecular weight excluding hydrogens is 341 g/mol. The van der Waals surface area contributed by atoms with Crippen molar-refractivity contribution in [1.29, 1.82) is 0 Å². The van der Waals surface area contributed by atoms with Crippen molar-refractivity contribution in [2.24, 2.45) is 4.99 Å². The van der Waals surface area contributed by atoms with E-state index in [0.717, 1.165) is 31.0 Å². The van der Waals surface area contributed by atoms with Gasteiger partial charge in [0.1, 0.15) is 5.82 Å². The fraction of sp³-hybridized carbons (Fsp3) is 0.238. The molecule has 0 saturated heterocycles. The first-order valence-electron chi connectivity index (χ1n) is 8.95. The lowest BCUT2D eigenvalue weighted by atomic mass is 10.1. The monoisotopic (exact) mass is 365 g/mol. The average Bonchev–Trinajstić information content (AvgIpc) is 3.20. The molecule has 0 fully saturated rings. The van der Waals surface area contributed by atoms with Gasteiger partial charge in [-0.1, -0.05) is 36.4 Å². The number of guanidine groups is 1. The molecule has 0 unspecified atom stereocenters. The van der Waals surface area contributed by atoms with Gasteiger partial charge in [0.15, 0.2) is 5.96 Å². The second-order valence-electron chi connectivity index (χ2n) is 6.28. The maximum absolute atomic E-state index is 12.9. The molecule has 0 amide bonds. The van der Waals surface area contributed by atoms with E-state index in [-0.39, 0.29) is 5.82 Å². The van der Waals surface area contributed by atoms with Gasteiger partial charge in [-0.15, -0.1) is 0 Å². The maximum Gasteiger partial charge on any atom is 0.191 e. The Labute approximate surface area is 159 Å². The normalized spacial score (nSPS) is 11.4. The standard InChI is InChI=1S/C21H24FN5/c1-23-21(25-11-10-17-6-8-20(22)9-7-17)26-14-18-2-4-19(5-3-18)15-27-13-12-24-16-27/h2-9,12-13,16H,10-11,14-15H2,1H3,(H2,23,25,26). The molecule has 2 N–H and O–H groups in total. The Morgan fingerprint density at radius 3 is 2.37 bits per heavy atom. The number of imidazole rings is 1. The molecule has 0 aliphatic heterocycles. The van der Waals surface area contributed by atoms with Crippen molar-refractivity contribution in [3.05, 3.63) is 89.8 Å². The van der Waals surface area contributed by atoms with Crippen molar-refractivity contribution in [1.82, 2.24) is 20.2 Å². The molecule has 3 rings (SSSR count). The summed E-state index contributed by atoms with van der Waals surface area (Å²) in [7, 11) is 1.75. The first-order valence-corrected chi connectivity index (χ1v) is 8.95. The van der Waals surface area contributed by atoms with E-state index in [1.54, 1.807) is 25.4 Å². The van der Waals surface area contributed by atoms with Crippen molar-refractivity contribution < 1.29 is 4.39 Å². The second kappa shape index (κ2) is 9.52. The Kier molecular flexibility index (Phi) is 6.57. The highest BCUT2D eigenvalue weighted by atomic mass is 19.1. The number of rotatable bonds is 7. The van der Waals surface area contributed by atoms with Crippen LogP contribution in [-0.2, 0) is 19.5 Å². The number of hydrogen-bond acceptors (Lipinski definition) is 2. The smallest absolute Gasteiger partial charge is 0.191 e. The molecule has 140 valence electrons. The second-order valence-corrected chi connectivity index (χ2v) is 6.28. The van der Waals surface area contributed by atoms with Gasteiger partial charge in [-0.3, -0.25) is 4.99 Å². The molecule has 0 radical (unpaired) electrons. The largest absolute Gasteiger partial charge is 0.356 e. The van der Waals surface area contributed by atoms with E-state index >= 15 is 0 Å². The van der Waals surface area contributed by atoms with Crippen molar-refractivity contribution in [3.63, 3.8) is 0 Å². The number of halogens is 1.